The highest BCUT2D eigenvalue weighted by Gasteiger charge is 2.26. The van der Waals surface area contributed by atoms with Crippen molar-refractivity contribution in [1.29, 1.82) is 0 Å². The van der Waals surface area contributed by atoms with Gasteiger partial charge in [-0.3, -0.25) is 4.79 Å². The van der Waals surface area contributed by atoms with Gasteiger partial charge in [0.2, 0.25) is 5.91 Å². The normalized spacial score (nSPS) is 22.5. The predicted octanol–water partition coefficient (Wildman–Crippen LogP) is 1.09. The largest absolute Gasteiger partial charge is 0.375 e. The lowest BCUT2D eigenvalue weighted by Gasteiger charge is -2.34. The fraction of sp³-hybridized carbons (Fsp3) is 0.917. The first-order valence-corrected chi connectivity index (χ1v) is 7.73. The second-order valence-electron chi connectivity index (χ2n) is 4.45. The van der Waals surface area contributed by atoms with Gasteiger partial charge in [-0.15, -0.1) is 0 Å². The average molecular weight is 260 g/mol. The van der Waals surface area contributed by atoms with Crippen molar-refractivity contribution in [1.82, 2.24) is 4.90 Å². The first-order chi connectivity index (χ1) is 8.19. The number of nitrogens with zero attached hydrogens (tertiary/aromatic N) is 1. The van der Waals surface area contributed by atoms with Crippen LogP contribution in [-0.4, -0.2) is 54.7 Å². The molecule has 1 rings (SSSR count). The van der Waals surface area contributed by atoms with Gasteiger partial charge in [-0.2, -0.15) is 11.8 Å². The van der Waals surface area contributed by atoms with E-state index in [0.29, 0.717) is 19.7 Å². The van der Waals surface area contributed by atoms with Gasteiger partial charge >= 0.3 is 0 Å². The van der Waals surface area contributed by atoms with Gasteiger partial charge in [0.1, 0.15) is 0 Å². The molecule has 1 aliphatic rings. The molecule has 1 unspecified atom stereocenters. The van der Waals surface area contributed by atoms with E-state index in [1.807, 2.05) is 11.2 Å². The molecule has 2 N–H and O–H groups in total. The lowest BCUT2D eigenvalue weighted by atomic mass is 10.1. The summed E-state index contributed by atoms with van der Waals surface area (Å²) in [5.41, 5.74) is 5.91. The molecule has 17 heavy (non-hydrogen) atoms. The van der Waals surface area contributed by atoms with Crippen LogP contribution in [0.5, 0.6) is 0 Å². The van der Waals surface area contributed by atoms with Gasteiger partial charge in [0.15, 0.2) is 0 Å². The molecule has 2 atom stereocenters. The van der Waals surface area contributed by atoms with Crippen LogP contribution in [0, 0.1) is 0 Å². The first-order valence-electron chi connectivity index (χ1n) is 6.34. The maximum absolute atomic E-state index is 12.1. The second kappa shape index (κ2) is 7.95. The van der Waals surface area contributed by atoms with Crippen LogP contribution >= 0.6 is 11.8 Å². The minimum Gasteiger partial charge on any atom is -0.375 e. The van der Waals surface area contributed by atoms with Crippen LogP contribution in [0.1, 0.15) is 26.2 Å². The summed E-state index contributed by atoms with van der Waals surface area (Å²) < 4.78 is 5.62. The van der Waals surface area contributed by atoms with Gasteiger partial charge in [-0.1, -0.05) is 13.3 Å². The van der Waals surface area contributed by atoms with E-state index in [1.54, 1.807) is 11.8 Å². The molecular formula is C12H24N2O2S. The number of hydrogen-bond acceptors (Lipinski definition) is 4. The van der Waals surface area contributed by atoms with Crippen molar-refractivity contribution < 1.29 is 9.53 Å². The van der Waals surface area contributed by atoms with Crippen LogP contribution in [0.2, 0.25) is 0 Å². The molecule has 1 fully saturated rings. The summed E-state index contributed by atoms with van der Waals surface area (Å²) in [7, 11) is 0. The van der Waals surface area contributed by atoms with Gasteiger partial charge < -0.3 is 15.4 Å². The highest BCUT2D eigenvalue weighted by atomic mass is 32.2. The molecule has 100 valence electrons. The van der Waals surface area contributed by atoms with Gasteiger partial charge in [0.25, 0.3) is 0 Å². The van der Waals surface area contributed by atoms with E-state index in [4.69, 9.17) is 10.5 Å². The molecule has 0 aromatic heterocycles. The number of carbonyl (C=O) groups is 1. The molecule has 5 heteroatoms. The Morgan fingerprint density at radius 2 is 2.41 bits per heavy atom. The van der Waals surface area contributed by atoms with E-state index in [-0.39, 0.29) is 18.1 Å². The molecular weight excluding hydrogens is 236 g/mol. The third-order valence-electron chi connectivity index (χ3n) is 3.01. The maximum Gasteiger partial charge on any atom is 0.239 e. The molecule has 1 aliphatic heterocycles. The third kappa shape index (κ3) is 4.85. The summed E-state index contributed by atoms with van der Waals surface area (Å²) in [6.07, 6.45) is 5.10. The Morgan fingerprint density at radius 1 is 1.65 bits per heavy atom. The van der Waals surface area contributed by atoms with E-state index >= 15 is 0 Å². The summed E-state index contributed by atoms with van der Waals surface area (Å²) in [5, 5.41) is 0. The molecule has 0 bridgehead atoms. The number of nitrogens with two attached hydrogens (primary N) is 1. The smallest absolute Gasteiger partial charge is 0.239 e. The standard InChI is InChI=1S/C12H24N2O2S/c1-3-4-10-9-14(6-7-16-10)12(15)11(13)5-8-17-2/h10-11H,3-9,13H2,1-2H3/t10?,11-/m0/s1. The van der Waals surface area contributed by atoms with E-state index in [1.165, 1.54) is 0 Å². The molecule has 0 aromatic carbocycles. The summed E-state index contributed by atoms with van der Waals surface area (Å²) in [4.78, 5) is 14.0. The van der Waals surface area contributed by atoms with Gasteiger partial charge in [-0.25, -0.2) is 0 Å². The van der Waals surface area contributed by atoms with Crippen LogP contribution in [0.3, 0.4) is 0 Å². The first kappa shape index (κ1) is 14.8. The van der Waals surface area contributed by atoms with Crippen LogP contribution in [0.4, 0.5) is 0 Å². The zero-order chi connectivity index (χ0) is 12.7. The van der Waals surface area contributed by atoms with Crippen molar-refractivity contribution in [3.05, 3.63) is 0 Å². The number of amides is 1. The number of rotatable bonds is 6. The lowest BCUT2D eigenvalue weighted by Crippen LogP contribution is -2.51. The molecule has 1 saturated heterocycles. The quantitative estimate of drug-likeness (QED) is 0.777. The Bertz CT molecular complexity index is 237. The molecule has 0 radical (unpaired) electrons. The van der Waals surface area contributed by atoms with E-state index in [2.05, 4.69) is 6.92 Å². The number of hydrogen-bond donors (Lipinski definition) is 1. The predicted molar refractivity (Wildman–Crippen MR) is 72.2 cm³/mol. The van der Waals surface area contributed by atoms with E-state index in [9.17, 15) is 4.79 Å². The zero-order valence-electron chi connectivity index (χ0n) is 10.9. The van der Waals surface area contributed by atoms with Gasteiger partial charge in [0.05, 0.1) is 18.8 Å². The van der Waals surface area contributed by atoms with Crippen LogP contribution < -0.4 is 5.73 Å². The van der Waals surface area contributed by atoms with Crippen molar-refractivity contribution in [3.63, 3.8) is 0 Å². The van der Waals surface area contributed by atoms with Gasteiger partial charge in [0, 0.05) is 13.1 Å². The lowest BCUT2D eigenvalue weighted by molar-refractivity contribution is -0.140. The number of ether oxygens (including phenoxy) is 1. The molecule has 0 aliphatic carbocycles. The molecule has 4 nitrogen and oxygen atoms in total. The molecule has 1 heterocycles. The average Bonchev–Trinajstić information content (AvgIpc) is 2.35. The van der Waals surface area contributed by atoms with Crippen LogP contribution in [0.25, 0.3) is 0 Å². The summed E-state index contributed by atoms with van der Waals surface area (Å²) in [6.45, 7) is 4.17. The monoisotopic (exact) mass is 260 g/mol. The van der Waals surface area contributed by atoms with Crippen molar-refractivity contribution in [2.45, 2.75) is 38.3 Å². The highest BCUT2D eigenvalue weighted by molar-refractivity contribution is 7.98. The van der Waals surface area contributed by atoms with E-state index in [0.717, 1.165) is 25.0 Å². The molecule has 0 saturated carbocycles. The fourth-order valence-corrected chi connectivity index (χ4v) is 2.51. The van der Waals surface area contributed by atoms with Crippen LogP contribution in [-0.2, 0) is 9.53 Å². The van der Waals surface area contributed by atoms with Crippen molar-refractivity contribution in [3.8, 4) is 0 Å². The Balaban J connectivity index is 2.39. The van der Waals surface area contributed by atoms with Crippen molar-refractivity contribution >= 4 is 17.7 Å². The Labute approximate surface area is 108 Å². The summed E-state index contributed by atoms with van der Waals surface area (Å²) in [5.74, 6) is 1.03. The van der Waals surface area contributed by atoms with Crippen molar-refractivity contribution in [2.75, 3.05) is 31.7 Å². The maximum atomic E-state index is 12.1. The minimum atomic E-state index is -0.345. The number of carbonyl (C=O) groups excluding carboxylic acids is 1. The molecule has 0 spiro atoms. The highest BCUT2D eigenvalue weighted by Crippen LogP contribution is 2.12. The summed E-state index contributed by atoms with van der Waals surface area (Å²) >= 11 is 1.73. The number of thioether (sulfide) groups is 1. The summed E-state index contributed by atoms with van der Waals surface area (Å²) in [6, 6.07) is -0.345. The molecule has 0 aromatic rings. The second-order valence-corrected chi connectivity index (χ2v) is 5.44. The minimum absolute atomic E-state index is 0.0865. The Kier molecular flexibility index (Phi) is 6.92. The SMILES string of the molecule is CCCC1CN(C(=O)[C@@H](N)CCSC)CCO1. The Hall–Kier alpha value is -0.260. The topological polar surface area (TPSA) is 55.6 Å². The third-order valence-corrected chi connectivity index (χ3v) is 3.66. The van der Waals surface area contributed by atoms with Gasteiger partial charge in [-0.05, 0) is 24.9 Å². The molecule has 1 amide bonds. The number of morpholine rings is 1. The Morgan fingerprint density at radius 3 is 3.06 bits per heavy atom. The van der Waals surface area contributed by atoms with Crippen molar-refractivity contribution in [2.24, 2.45) is 5.73 Å². The van der Waals surface area contributed by atoms with Crippen LogP contribution in [0.15, 0.2) is 0 Å². The van der Waals surface area contributed by atoms with E-state index < -0.39 is 0 Å². The zero-order valence-corrected chi connectivity index (χ0v) is 11.7. The fourth-order valence-electron chi connectivity index (χ4n) is 2.02.